The van der Waals surface area contributed by atoms with Crippen LogP contribution in [0.1, 0.15) is 74.8 Å². The third kappa shape index (κ3) is 5.61. The molecule has 0 fully saturated rings. The molecule has 0 aliphatic carbocycles. The van der Waals surface area contributed by atoms with Crippen molar-refractivity contribution in [2.45, 2.75) is 66.5 Å². The van der Waals surface area contributed by atoms with Gasteiger partial charge in [-0.1, -0.05) is 53.2 Å². The van der Waals surface area contributed by atoms with Gasteiger partial charge >= 0.3 is 12.1 Å². The topological polar surface area (TPSA) is 55.1 Å². The molecule has 160 valence electrons. The number of halogens is 3. The Morgan fingerprint density at radius 1 is 1.21 bits per heavy atom. The smallest absolute Gasteiger partial charge is 0.418 e. The van der Waals surface area contributed by atoms with Crippen LogP contribution in [0.15, 0.2) is 24.3 Å². The summed E-state index contributed by atoms with van der Waals surface area (Å²) in [6, 6.07) is 5.15. The molecule has 7 heteroatoms. The highest BCUT2D eigenvalue weighted by molar-refractivity contribution is 5.90. The minimum atomic E-state index is -4.56. The zero-order valence-electron chi connectivity index (χ0n) is 17.6. The highest BCUT2D eigenvalue weighted by Crippen LogP contribution is 2.35. The first-order valence-corrected chi connectivity index (χ1v) is 9.85. The molecule has 1 N–H and O–H groups in total. The second kappa shape index (κ2) is 8.59. The van der Waals surface area contributed by atoms with E-state index in [9.17, 15) is 23.1 Å². The zero-order chi connectivity index (χ0) is 22.0. The Morgan fingerprint density at radius 3 is 2.34 bits per heavy atom. The summed E-state index contributed by atoms with van der Waals surface area (Å²) in [6.07, 6.45) is -2.39. The summed E-state index contributed by atoms with van der Waals surface area (Å²) in [5, 5.41) is 14.2. The van der Waals surface area contributed by atoms with Crippen molar-refractivity contribution < 1.29 is 23.1 Å². The van der Waals surface area contributed by atoms with Crippen LogP contribution >= 0.6 is 0 Å². The molecular formula is C22H29F3N2O2. The second-order valence-corrected chi connectivity index (χ2v) is 8.82. The van der Waals surface area contributed by atoms with Crippen LogP contribution in [0.4, 0.5) is 13.2 Å². The average Bonchev–Trinajstić information content (AvgIpc) is 2.90. The minimum absolute atomic E-state index is 0.0320. The van der Waals surface area contributed by atoms with Gasteiger partial charge in [-0.3, -0.25) is 0 Å². The summed E-state index contributed by atoms with van der Waals surface area (Å²) in [7, 11) is 0. The van der Waals surface area contributed by atoms with Gasteiger partial charge in [-0.25, -0.2) is 9.48 Å². The molecule has 0 saturated carbocycles. The number of hydrogen-bond donors (Lipinski definition) is 1. The van der Waals surface area contributed by atoms with E-state index in [0.29, 0.717) is 30.7 Å². The molecule has 1 atom stereocenters. The SMILES string of the molecule is CCCc1c(C(=O)O)c(CC(C)CC(C)(C)C)nn1-c1ccccc1C(F)(F)F. The fraction of sp³-hybridized carbons (Fsp3) is 0.545. The molecule has 4 nitrogen and oxygen atoms in total. The summed E-state index contributed by atoms with van der Waals surface area (Å²) in [5.74, 6) is -1.01. The first kappa shape index (κ1) is 23.0. The molecule has 1 unspecified atom stereocenters. The molecule has 0 aliphatic heterocycles. The Bertz CT molecular complexity index is 864. The number of para-hydroxylation sites is 1. The van der Waals surface area contributed by atoms with Crippen molar-refractivity contribution in [3.8, 4) is 5.69 Å². The number of aromatic carboxylic acids is 1. The van der Waals surface area contributed by atoms with Crippen LogP contribution in [0.2, 0.25) is 0 Å². The predicted molar refractivity (Wildman–Crippen MR) is 106 cm³/mol. The summed E-state index contributed by atoms with van der Waals surface area (Å²) >= 11 is 0. The van der Waals surface area contributed by atoms with Crippen molar-refractivity contribution in [2.24, 2.45) is 11.3 Å². The number of aromatic nitrogens is 2. The van der Waals surface area contributed by atoms with E-state index in [1.165, 1.54) is 22.9 Å². The van der Waals surface area contributed by atoms with Crippen molar-refractivity contribution in [1.29, 1.82) is 0 Å². The summed E-state index contributed by atoms with van der Waals surface area (Å²) < 4.78 is 41.9. The molecule has 0 aliphatic rings. The molecule has 0 bridgehead atoms. The third-order valence-electron chi connectivity index (χ3n) is 4.69. The van der Waals surface area contributed by atoms with E-state index in [-0.39, 0.29) is 22.6 Å². The number of benzene rings is 1. The van der Waals surface area contributed by atoms with Gasteiger partial charge in [0.05, 0.1) is 22.6 Å². The van der Waals surface area contributed by atoms with Crippen molar-refractivity contribution in [3.63, 3.8) is 0 Å². The van der Waals surface area contributed by atoms with Crippen molar-refractivity contribution in [3.05, 3.63) is 46.8 Å². The first-order chi connectivity index (χ1) is 13.3. The van der Waals surface area contributed by atoms with Gasteiger partial charge in [0.15, 0.2) is 0 Å². The van der Waals surface area contributed by atoms with Crippen LogP contribution in [-0.2, 0) is 19.0 Å². The van der Waals surface area contributed by atoms with Crippen LogP contribution in [0.5, 0.6) is 0 Å². The molecule has 2 aromatic rings. The first-order valence-electron chi connectivity index (χ1n) is 9.85. The quantitative estimate of drug-likeness (QED) is 0.595. The Morgan fingerprint density at radius 2 is 1.83 bits per heavy atom. The molecule has 0 radical (unpaired) electrons. The minimum Gasteiger partial charge on any atom is -0.478 e. The Hall–Kier alpha value is -2.31. The largest absolute Gasteiger partial charge is 0.478 e. The molecule has 0 amide bonds. The fourth-order valence-corrected chi connectivity index (χ4v) is 3.91. The lowest BCUT2D eigenvalue weighted by Gasteiger charge is -2.22. The maximum Gasteiger partial charge on any atom is 0.418 e. The molecule has 0 spiro atoms. The highest BCUT2D eigenvalue weighted by Gasteiger charge is 2.35. The van der Waals surface area contributed by atoms with Gasteiger partial charge in [-0.15, -0.1) is 0 Å². The van der Waals surface area contributed by atoms with Crippen molar-refractivity contribution in [2.75, 3.05) is 0 Å². The van der Waals surface area contributed by atoms with Gasteiger partial charge in [0.25, 0.3) is 0 Å². The number of alkyl halides is 3. The maximum atomic E-state index is 13.6. The van der Waals surface area contributed by atoms with Crippen LogP contribution < -0.4 is 0 Å². The molecule has 0 saturated heterocycles. The van der Waals surface area contributed by atoms with Gasteiger partial charge in [-0.05, 0) is 42.7 Å². The number of carboxylic acids is 1. The lowest BCUT2D eigenvalue weighted by atomic mass is 9.83. The number of carbonyl (C=O) groups is 1. The van der Waals surface area contributed by atoms with Gasteiger partial charge in [0, 0.05) is 0 Å². The van der Waals surface area contributed by atoms with Crippen LogP contribution in [-0.4, -0.2) is 20.9 Å². The Labute approximate surface area is 169 Å². The van der Waals surface area contributed by atoms with Gasteiger partial charge in [0.1, 0.15) is 5.56 Å². The van der Waals surface area contributed by atoms with Crippen LogP contribution in [0, 0.1) is 11.3 Å². The number of hydrogen-bond acceptors (Lipinski definition) is 2. The molecule has 1 aromatic heterocycles. The van der Waals surface area contributed by atoms with Crippen molar-refractivity contribution in [1.82, 2.24) is 9.78 Å². The molecular weight excluding hydrogens is 381 g/mol. The van der Waals surface area contributed by atoms with E-state index in [4.69, 9.17) is 0 Å². The van der Waals surface area contributed by atoms with Gasteiger partial charge < -0.3 is 5.11 Å². The zero-order valence-corrected chi connectivity index (χ0v) is 17.6. The third-order valence-corrected chi connectivity index (χ3v) is 4.69. The summed E-state index contributed by atoms with van der Waals surface area (Å²) in [6.45, 7) is 10.2. The fourth-order valence-electron chi connectivity index (χ4n) is 3.91. The van der Waals surface area contributed by atoms with Crippen LogP contribution in [0.25, 0.3) is 5.69 Å². The van der Waals surface area contributed by atoms with Crippen molar-refractivity contribution >= 4 is 5.97 Å². The number of carboxylic acid groups (broad SMARTS) is 1. The monoisotopic (exact) mass is 410 g/mol. The summed E-state index contributed by atoms with van der Waals surface area (Å²) in [4.78, 5) is 12.0. The van der Waals surface area contributed by atoms with E-state index in [2.05, 4.69) is 25.9 Å². The standard InChI is InChI=1S/C22H29F3N2O2/c1-6-9-18-19(20(28)29)16(12-14(2)13-21(3,4)5)26-27(18)17-11-8-7-10-15(17)22(23,24)25/h7-8,10-11,14H,6,9,12-13H2,1-5H3,(H,28,29). The Kier molecular flexibility index (Phi) is 6.81. The van der Waals surface area contributed by atoms with Gasteiger partial charge in [0.2, 0.25) is 0 Å². The van der Waals surface area contributed by atoms with E-state index >= 15 is 0 Å². The maximum absolute atomic E-state index is 13.6. The lowest BCUT2D eigenvalue weighted by molar-refractivity contribution is -0.137. The second-order valence-electron chi connectivity index (χ2n) is 8.82. The average molecular weight is 410 g/mol. The van der Waals surface area contributed by atoms with Gasteiger partial charge in [-0.2, -0.15) is 18.3 Å². The lowest BCUT2D eigenvalue weighted by Crippen LogP contribution is -2.14. The normalized spacial score (nSPS) is 13.5. The van der Waals surface area contributed by atoms with E-state index in [1.54, 1.807) is 0 Å². The van der Waals surface area contributed by atoms with E-state index < -0.39 is 17.7 Å². The van der Waals surface area contributed by atoms with Crippen LogP contribution in [0.3, 0.4) is 0 Å². The molecule has 1 aromatic carbocycles. The van der Waals surface area contributed by atoms with E-state index in [0.717, 1.165) is 12.5 Å². The highest BCUT2D eigenvalue weighted by atomic mass is 19.4. The summed E-state index contributed by atoms with van der Waals surface area (Å²) in [5.41, 5.74) is -0.221. The predicted octanol–water partition coefficient (Wildman–Crippen LogP) is 6.16. The number of nitrogens with zero attached hydrogens (tertiary/aromatic N) is 2. The Balaban J connectivity index is 2.64. The molecule has 1 heterocycles. The molecule has 2 rings (SSSR count). The molecule has 29 heavy (non-hydrogen) atoms. The number of rotatable bonds is 7. The van der Waals surface area contributed by atoms with E-state index in [1.807, 2.05) is 13.8 Å².